The van der Waals surface area contributed by atoms with Crippen LogP contribution in [0.5, 0.6) is 0 Å². The average molecular weight is 388 g/mol. The van der Waals surface area contributed by atoms with Crippen LogP contribution in [-0.2, 0) is 21.4 Å². The van der Waals surface area contributed by atoms with E-state index in [2.05, 4.69) is 15.0 Å². The minimum atomic E-state index is -3.98. The van der Waals surface area contributed by atoms with Crippen molar-refractivity contribution in [2.45, 2.75) is 24.4 Å². The lowest BCUT2D eigenvalue weighted by atomic mass is 10.2. The summed E-state index contributed by atoms with van der Waals surface area (Å²) in [6, 6.07) is 6.65. The Labute approximate surface area is 150 Å². The van der Waals surface area contributed by atoms with E-state index in [1.165, 1.54) is 25.1 Å². The van der Waals surface area contributed by atoms with E-state index in [9.17, 15) is 13.2 Å². The van der Waals surface area contributed by atoms with Gasteiger partial charge < -0.3 is 5.32 Å². The molecule has 0 aliphatic heterocycles. The summed E-state index contributed by atoms with van der Waals surface area (Å²) in [6.07, 6.45) is 3.23. The smallest absolute Gasteiger partial charge is 0.242 e. The predicted octanol–water partition coefficient (Wildman–Crippen LogP) is 2.37. The number of sulfonamides is 1. The maximum Gasteiger partial charge on any atom is 0.242 e. The van der Waals surface area contributed by atoms with E-state index >= 15 is 0 Å². The molecule has 0 spiro atoms. The number of pyridine rings is 1. The molecule has 0 bridgehead atoms. The van der Waals surface area contributed by atoms with E-state index in [1.807, 2.05) is 0 Å². The molecular weight excluding hydrogens is 373 g/mol. The van der Waals surface area contributed by atoms with Crippen LogP contribution < -0.4 is 10.0 Å². The van der Waals surface area contributed by atoms with Gasteiger partial charge >= 0.3 is 0 Å². The Morgan fingerprint density at radius 2 is 2.04 bits per heavy atom. The molecular formula is C15H15Cl2N3O3S. The standard InChI is InChI=1S/C15H15Cl2N3O3S/c1-10(15(21)19-9-11-3-2-6-18-8-11)20-24(22,23)14-7-12(16)4-5-13(14)17/h2-8,10,20H,9H2,1H3,(H,19,21)/t10-/m1/s1. The van der Waals surface area contributed by atoms with E-state index < -0.39 is 22.0 Å². The molecule has 9 heteroatoms. The summed E-state index contributed by atoms with van der Waals surface area (Å²) in [4.78, 5) is 15.8. The molecule has 0 aliphatic carbocycles. The second-order valence-electron chi connectivity index (χ2n) is 5.00. The number of halogens is 2. The third-order valence-electron chi connectivity index (χ3n) is 3.10. The molecule has 0 unspecified atom stereocenters. The third-order valence-corrected chi connectivity index (χ3v) is 5.35. The second kappa shape index (κ2) is 7.94. The molecule has 6 nitrogen and oxygen atoms in total. The van der Waals surface area contributed by atoms with Crippen molar-refractivity contribution in [1.82, 2.24) is 15.0 Å². The van der Waals surface area contributed by atoms with Crippen molar-refractivity contribution in [3.8, 4) is 0 Å². The molecule has 128 valence electrons. The molecule has 0 aliphatic rings. The summed E-state index contributed by atoms with van der Waals surface area (Å²) < 4.78 is 27.0. The van der Waals surface area contributed by atoms with E-state index in [1.54, 1.807) is 24.5 Å². The van der Waals surface area contributed by atoms with Gasteiger partial charge in [0.15, 0.2) is 0 Å². The van der Waals surface area contributed by atoms with Crippen LogP contribution in [0.25, 0.3) is 0 Å². The number of rotatable bonds is 6. The first kappa shape index (κ1) is 18.7. The Hall–Kier alpha value is -1.67. The fourth-order valence-corrected chi connectivity index (χ4v) is 3.84. The Bertz CT molecular complexity index is 829. The maximum absolute atomic E-state index is 12.4. The van der Waals surface area contributed by atoms with Crippen molar-refractivity contribution in [3.05, 3.63) is 58.3 Å². The van der Waals surface area contributed by atoms with Crippen molar-refractivity contribution < 1.29 is 13.2 Å². The zero-order valence-corrected chi connectivity index (χ0v) is 15.0. The van der Waals surface area contributed by atoms with Crippen LogP contribution in [0.3, 0.4) is 0 Å². The van der Waals surface area contributed by atoms with Crippen molar-refractivity contribution in [2.75, 3.05) is 0 Å². The first-order valence-electron chi connectivity index (χ1n) is 6.93. The van der Waals surface area contributed by atoms with Gasteiger partial charge in [0.05, 0.1) is 11.1 Å². The number of carbonyl (C=O) groups excluding carboxylic acids is 1. The highest BCUT2D eigenvalue weighted by atomic mass is 35.5. The Morgan fingerprint density at radius 1 is 1.29 bits per heavy atom. The third kappa shape index (κ3) is 4.91. The number of carbonyl (C=O) groups is 1. The van der Waals surface area contributed by atoms with Crippen molar-refractivity contribution >= 4 is 39.1 Å². The van der Waals surface area contributed by atoms with Gasteiger partial charge in [-0.2, -0.15) is 4.72 Å². The number of hydrogen-bond donors (Lipinski definition) is 2. The number of hydrogen-bond acceptors (Lipinski definition) is 4. The molecule has 2 aromatic rings. The van der Waals surface area contributed by atoms with Crippen LogP contribution in [0.2, 0.25) is 10.0 Å². The topological polar surface area (TPSA) is 88.2 Å². The fourth-order valence-electron chi connectivity index (χ4n) is 1.88. The van der Waals surface area contributed by atoms with E-state index in [0.29, 0.717) is 0 Å². The average Bonchev–Trinajstić information content (AvgIpc) is 2.55. The SMILES string of the molecule is C[C@@H](NS(=O)(=O)c1cc(Cl)ccc1Cl)C(=O)NCc1cccnc1. The Balaban J connectivity index is 2.03. The van der Waals surface area contributed by atoms with Crippen LogP contribution in [-0.4, -0.2) is 25.4 Å². The van der Waals surface area contributed by atoms with Crippen molar-refractivity contribution in [2.24, 2.45) is 0 Å². The van der Waals surface area contributed by atoms with E-state index in [-0.39, 0.29) is 21.5 Å². The highest BCUT2D eigenvalue weighted by molar-refractivity contribution is 7.89. The number of benzene rings is 1. The summed E-state index contributed by atoms with van der Waals surface area (Å²) in [6.45, 7) is 1.69. The van der Waals surface area contributed by atoms with Gasteiger partial charge in [-0.05, 0) is 36.8 Å². The molecule has 24 heavy (non-hydrogen) atoms. The zero-order valence-electron chi connectivity index (χ0n) is 12.7. The minimum absolute atomic E-state index is 0.0230. The van der Waals surface area contributed by atoms with Gasteiger partial charge in [-0.1, -0.05) is 29.3 Å². The number of nitrogens with zero attached hydrogens (tertiary/aromatic N) is 1. The van der Waals surface area contributed by atoms with Gasteiger partial charge in [0, 0.05) is 24.0 Å². The quantitative estimate of drug-likeness (QED) is 0.795. The molecule has 0 saturated carbocycles. The molecule has 1 atom stereocenters. The van der Waals surface area contributed by atoms with Crippen LogP contribution >= 0.6 is 23.2 Å². The van der Waals surface area contributed by atoms with Gasteiger partial charge in [0.25, 0.3) is 0 Å². The highest BCUT2D eigenvalue weighted by Gasteiger charge is 2.24. The van der Waals surface area contributed by atoms with Gasteiger partial charge in [0.2, 0.25) is 15.9 Å². The minimum Gasteiger partial charge on any atom is -0.351 e. The lowest BCUT2D eigenvalue weighted by Crippen LogP contribution is -2.44. The zero-order chi connectivity index (χ0) is 17.7. The monoisotopic (exact) mass is 387 g/mol. The van der Waals surface area contributed by atoms with Gasteiger partial charge in [-0.15, -0.1) is 0 Å². The van der Waals surface area contributed by atoms with Crippen molar-refractivity contribution in [1.29, 1.82) is 0 Å². The normalized spacial score (nSPS) is 12.6. The number of amides is 1. The molecule has 0 radical (unpaired) electrons. The summed E-state index contributed by atoms with van der Waals surface area (Å²) in [5.41, 5.74) is 0.804. The van der Waals surface area contributed by atoms with Gasteiger partial charge in [-0.25, -0.2) is 8.42 Å². The van der Waals surface area contributed by atoms with Crippen molar-refractivity contribution in [3.63, 3.8) is 0 Å². The first-order chi connectivity index (χ1) is 11.3. The van der Waals surface area contributed by atoms with E-state index in [0.717, 1.165) is 5.56 Å². The second-order valence-corrected chi connectivity index (χ2v) is 7.52. The van der Waals surface area contributed by atoms with Gasteiger partial charge in [0.1, 0.15) is 4.90 Å². The molecule has 1 amide bonds. The molecule has 1 heterocycles. The fraction of sp³-hybridized carbons (Fsp3) is 0.200. The summed E-state index contributed by atoms with van der Waals surface area (Å²) in [7, 11) is -3.98. The van der Waals surface area contributed by atoms with E-state index in [4.69, 9.17) is 23.2 Å². The maximum atomic E-state index is 12.4. The summed E-state index contributed by atoms with van der Waals surface area (Å²) >= 11 is 11.7. The van der Waals surface area contributed by atoms with Crippen LogP contribution in [0, 0.1) is 0 Å². The molecule has 2 N–H and O–H groups in total. The molecule has 1 aromatic heterocycles. The lowest BCUT2D eigenvalue weighted by molar-refractivity contribution is -0.122. The summed E-state index contributed by atoms with van der Waals surface area (Å²) in [5.74, 6) is -0.472. The lowest BCUT2D eigenvalue weighted by Gasteiger charge is -2.15. The predicted molar refractivity (Wildman–Crippen MR) is 92.3 cm³/mol. The van der Waals surface area contributed by atoms with Crippen LogP contribution in [0.4, 0.5) is 0 Å². The molecule has 0 saturated heterocycles. The highest BCUT2D eigenvalue weighted by Crippen LogP contribution is 2.24. The Morgan fingerprint density at radius 3 is 2.71 bits per heavy atom. The van der Waals surface area contributed by atoms with Gasteiger partial charge in [-0.3, -0.25) is 9.78 Å². The number of nitrogens with one attached hydrogen (secondary N) is 2. The number of aromatic nitrogens is 1. The molecule has 2 rings (SSSR count). The molecule has 1 aromatic carbocycles. The van der Waals surface area contributed by atoms with Crippen LogP contribution in [0.1, 0.15) is 12.5 Å². The largest absolute Gasteiger partial charge is 0.351 e. The first-order valence-corrected chi connectivity index (χ1v) is 9.17. The molecule has 0 fully saturated rings. The Kier molecular flexibility index (Phi) is 6.17. The summed E-state index contributed by atoms with van der Waals surface area (Å²) in [5, 5.41) is 2.89. The van der Waals surface area contributed by atoms with Crippen LogP contribution in [0.15, 0.2) is 47.6 Å².